The van der Waals surface area contributed by atoms with Gasteiger partial charge in [-0.25, -0.2) is 4.98 Å². The molecule has 0 saturated carbocycles. The van der Waals surface area contributed by atoms with E-state index in [1.54, 1.807) is 7.05 Å². The third-order valence-electron chi connectivity index (χ3n) is 3.82. The summed E-state index contributed by atoms with van der Waals surface area (Å²) in [6, 6.07) is 0. The molecule has 0 aromatic carbocycles. The highest BCUT2D eigenvalue weighted by atomic mass is 16.1. The second-order valence-corrected chi connectivity index (χ2v) is 5.53. The van der Waals surface area contributed by atoms with Crippen molar-refractivity contribution in [3.63, 3.8) is 0 Å². The summed E-state index contributed by atoms with van der Waals surface area (Å²) in [7, 11) is 1.70. The quantitative estimate of drug-likeness (QED) is 0.862. The summed E-state index contributed by atoms with van der Waals surface area (Å²) in [5, 5.41) is 5.97. The lowest BCUT2D eigenvalue weighted by atomic mass is 9.97. The van der Waals surface area contributed by atoms with Gasteiger partial charge in [-0.15, -0.1) is 0 Å². The van der Waals surface area contributed by atoms with Crippen LogP contribution in [0.3, 0.4) is 0 Å². The van der Waals surface area contributed by atoms with Crippen LogP contribution in [0.5, 0.6) is 0 Å². The Labute approximate surface area is 126 Å². The second-order valence-electron chi connectivity index (χ2n) is 5.53. The van der Waals surface area contributed by atoms with Crippen LogP contribution in [0.4, 0.5) is 11.8 Å². The molecule has 1 aliphatic rings. The molecular formula is C15H25N5O. The lowest BCUT2D eigenvalue weighted by Crippen LogP contribution is -2.42. The molecule has 1 fully saturated rings. The van der Waals surface area contributed by atoms with Crippen molar-refractivity contribution in [2.24, 2.45) is 5.92 Å². The topological polar surface area (TPSA) is 70.2 Å². The van der Waals surface area contributed by atoms with Crippen molar-refractivity contribution < 1.29 is 4.79 Å². The van der Waals surface area contributed by atoms with E-state index in [0.717, 1.165) is 50.3 Å². The van der Waals surface area contributed by atoms with Crippen molar-refractivity contribution in [1.82, 2.24) is 15.3 Å². The zero-order valence-electron chi connectivity index (χ0n) is 13.1. The van der Waals surface area contributed by atoms with E-state index in [0.29, 0.717) is 5.95 Å². The average molecular weight is 291 g/mol. The SMILES string of the molecule is CCCNc1ncc(C)c(N2CCCC(C(=O)NC)C2)n1. The number of carbonyl (C=O) groups excluding carboxylic acids is 1. The summed E-state index contributed by atoms with van der Waals surface area (Å²) in [4.78, 5) is 23.0. The summed E-state index contributed by atoms with van der Waals surface area (Å²) in [5.74, 6) is 1.78. The minimum absolute atomic E-state index is 0.0465. The highest BCUT2D eigenvalue weighted by Gasteiger charge is 2.26. The number of aryl methyl sites for hydroxylation is 1. The normalized spacial score (nSPS) is 18.4. The molecule has 2 heterocycles. The highest BCUT2D eigenvalue weighted by Crippen LogP contribution is 2.25. The molecule has 2 N–H and O–H groups in total. The van der Waals surface area contributed by atoms with E-state index in [2.05, 4.69) is 32.4 Å². The minimum Gasteiger partial charge on any atom is -0.359 e. The molecule has 1 aromatic heterocycles. The first-order chi connectivity index (χ1) is 10.2. The molecule has 6 heteroatoms. The Hall–Kier alpha value is -1.85. The van der Waals surface area contributed by atoms with Gasteiger partial charge in [0.15, 0.2) is 0 Å². The van der Waals surface area contributed by atoms with Gasteiger partial charge in [0.25, 0.3) is 0 Å². The van der Waals surface area contributed by atoms with Crippen molar-refractivity contribution in [2.75, 3.05) is 36.9 Å². The van der Waals surface area contributed by atoms with Crippen molar-refractivity contribution in [3.05, 3.63) is 11.8 Å². The molecule has 1 aliphatic heterocycles. The van der Waals surface area contributed by atoms with Gasteiger partial charge in [0.2, 0.25) is 11.9 Å². The van der Waals surface area contributed by atoms with Crippen LogP contribution in [0.1, 0.15) is 31.7 Å². The molecule has 6 nitrogen and oxygen atoms in total. The van der Waals surface area contributed by atoms with Gasteiger partial charge in [-0.05, 0) is 26.2 Å². The van der Waals surface area contributed by atoms with E-state index < -0.39 is 0 Å². The Balaban J connectivity index is 2.14. The Bertz CT molecular complexity index is 491. The molecule has 2 rings (SSSR count). The Morgan fingerprint density at radius 3 is 3.05 bits per heavy atom. The smallest absolute Gasteiger partial charge is 0.224 e. The maximum atomic E-state index is 11.9. The van der Waals surface area contributed by atoms with Gasteiger partial charge in [-0.3, -0.25) is 4.79 Å². The summed E-state index contributed by atoms with van der Waals surface area (Å²) in [5.41, 5.74) is 1.05. The van der Waals surface area contributed by atoms with E-state index in [4.69, 9.17) is 0 Å². The number of carbonyl (C=O) groups is 1. The van der Waals surface area contributed by atoms with Gasteiger partial charge in [-0.2, -0.15) is 4.98 Å². The van der Waals surface area contributed by atoms with E-state index in [1.165, 1.54) is 0 Å². The number of amides is 1. The van der Waals surface area contributed by atoms with Gasteiger partial charge >= 0.3 is 0 Å². The summed E-state index contributed by atoms with van der Waals surface area (Å²) < 4.78 is 0. The predicted octanol–water partition coefficient (Wildman–Crippen LogP) is 1.57. The molecule has 116 valence electrons. The molecule has 1 amide bonds. The zero-order valence-corrected chi connectivity index (χ0v) is 13.1. The molecular weight excluding hydrogens is 266 g/mol. The maximum absolute atomic E-state index is 11.9. The van der Waals surface area contributed by atoms with Crippen LogP contribution in [-0.2, 0) is 4.79 Å². The van der Waals surface area contributed by atoms with Crippen LogP contribution in [0, 0.1) is 12.8 Å². The van der Waals surface area contributed by atoms with E-state index in [-0.39, 0.29) is 11.8 Å². The van der Waals surface area contributed by atoms with Gasteiger partial charge in [0.1, 0.15) is 5.82 Å². The number of nitrogens with zero attached hydrogens (tertiary/aromatic N) is 3. The first-order valence-electron chi connectivity index (χ1n) is 7.69. The van der Waals surface area contributed by atoms with Gasteiger partial charge in [0.05, 0.1) is 5.92 Å². The minimum atomic E-state index is 0.0465. The lowest BCUT2D eigenvalue weighted by molar-refractivity contribution is -0.124. The van der Waals surface area contributed by atoms with Crippen molar-refractivity contribution in [3.8, 4) is 0 Å². The molecule has 0 spiro atoms. The van der Waals surface area contributed by atoms with Crippen molar-refractivity contribution >= 4 is 17.7 Å². The lowest BCUT2D eigenvalue weighted by Gasteiger charge is -2.33. The second kappa shape index (κ2) is 7.24. The van der Waals surface area contributed by atoms with Gasteiger partial charge in [-0.1, -0.05) is 6.92 Å². The van der Waals surface area contributed by atoms with E-state index in [1.807, 2.05) is 13.1 Å². The third-order valence-corrected chi connectivity index (χ3v) is 3.82. The van der Waals surface area contributed by atoms with Crippen LogP contribution < -0.4 is 15.5 Å². The fraction of sp³-hybridized carbons (Fsp3) is 0.667. The van der Waals surface area contributed by atoms with Crippen LogP contribution in [-0.4, -0.2) is 42.6 Å². The monoisotopic (exact) mass is 291 g/mol. The van der Waals surface area contributed by atoms with E-state index >= 15 is 0 Å². The summed E-state index contributed by atoms with van der Waals surface area (Å²) in [6.45, 7) is 6.66. The Morgan fingerprint density at radius 1 is 1.52 bits per heavy atom. The molecule has 1 saturated heterocycles. The standard InChI is InChI=1S/C15H25N5O/c1-4-7-17-15-18-9-11(2)13(19-15)20-8-5-6-12(10-20)14(21)16-3/h9,12H,4-8,10H2,1-3H3,(H,16,21)(H,17,18,19). The first-order valence-corrected chi connectivity index (χ1v) is 7.69. The number of nitrogens with one attached hydrogen (secondary N) is 2. The summed E-state index contributed by atoms with van der Waals surface area (Å²) >= 11 is 0. The molecule has 1 unspecified atom stereocenters. The number of rotatable bonds is 5. The largest absolute Gasteiger partial charge is 0.359 e. The molecule has 0 aliphatic carbocycles. The van der Waals surface area contributed by atoms with Crippen LogP contribution in [0.25, 0.3) is 0 Å². The molecule has 1 aromatic rings. The molecule has 0 bridgehead atoms. The van der Waals surface area contributed by atoms with Crippen LogP contribution in [0.2, 0.25) is 0 Å². The number of aromatic nitrogens is 2. The predicted molar refractivity (Wildman–Crippen MR) is 84.6 cm³/mol. The number of anilines is 2. The Morgan fingerprint density at radius 2 is 2.33 bits per heavy atom. The average Bonchev–Trinajstić information content (AvgIpc) is 2.53. The highest BCUT2D eigenvalue weighted by molar-refractivity contribution is 5.79. The summed E-state index contributed by atoms with van der Waals surface area (Å²) in [6.07, 6.45) is 4.85. The van der Waals surface area contributed by atoms with Gasteiger partial charge in [0, 0.05) is 38.4 Å². The number of hydrogen-bond acceptors (Lipinski definition) is 5. The number of hydrogen-bond donors (Lipinski definition) is 2. The fourth-order valence-corrected chi connectivity index (χ4v) is 2.66. The van der Waals surface area contributed by atoms with Crippen LogP contribution >= 0.6 is 0 Å². The van der Waals surface area contributed by atoms with Crippen molar-refractivity contribution in [1.29, 1.82) is 0 Å². The first kappa shape index (κ1) is 15.5. The van der Waals surface area contributed by atoms with Crippen molar-refractivity contribution in [2.45, 2.75) is 33.1 Å². The molecule has 21 heavy (non-hydrogen) atoms. The Kier molecular flexibility index (Phi) is 5.36. The maximum Gasteiger partial charge on any atom is 0.224 e. The molecule has 0 radical (unpaired) electrons. The third kappa shape index (κ3) is 3.83. The molecule has 1 atom stereocenters. The van der Waals surface area contributed by atoms with Crippen LogP contribution in [0.15, 0.2) is 6.20 Å². The zero-order chi connectivity index (χ0) is 15.2. The van der Waals surface area contributed by atoms with E-state index in [9.17, 15) is 4.79 Å². The fourth-order valence-electron chi connectivity index (χ4n) is 2.66. The van der Waals surface area contributed by atoms with Gasteiger partial charge < -0.3 is 15.5 Å². The number of piperidine rings is 1.